The number of nitrogens with zero attached hydrogens (tertiary/aromatic N) is 5. The van der Waals surface area contributed by atoms with Crippen LogP contribution in [-0.2, 0) is 0 Å². The molecule has 8 nitrogen and oxygen atoms in total. The zero-order chi connectivity index (χ0) is 25.9. The van der Waals surface area contributed by atoms with E-state index in [0.29, 0.717) is 11.8 Å². The summed E-state index contributed by atoms with van der Waals surface area (Å²) in [4.78, 5) is 20.8. The van der Waals surface area contributed by atoms with E-state index >= 15 is 0 Å². The lowest BCUT2D eigenvalue weighted by atomic mass is 10.1. The van der Waals surface area contributed by atoms with Crippen LogP contribution in [0.15, 0.2) is 47.3 Å². The van der Waals surface area contributed by atoms with E-state index in [1.54, 1.807) is 25.7 Å². The number of aryl methyl sites for hydroxylation is 1. The molecule has 2 N–H and O–H groups in total. The SMILES string of the molecule is COc1cc(N2CCCCC2)c(C)cc1Nc1ncc(Br)c(Nc2ccc3nccnc3c2P(C)C)n1. The van der Waals surface area contributed by atoms with Gasteiger partial charge in [0, 0.05) is 54.4 Å². The van der Waals surface area contributed by atoms with Crippen molar-refractivity contribution in [3.63, 3.8) is 0 Å². The number of benzene rings is 2. The lowest BCUT2D eigenvalue weighted by molar-refractivity contribution is 0.416. The predicted octanol–water partition coefficient (Wildman–Crippen LogP) is 6.34. The van der Waals surface area contributed by atoms with E-state index in [1.165, 1.54) is 30.5 Å². The minimum Gasteiger partial charge on any atom is -0.494 e. The van der Waals surface area contributed by atoms with Crippen LogP contribution in [0.2, 0.25) is 0 Å². The first kappa shape index (κ1) is 25.6. The number of rotatable bonds is 7. The third-order valence-corrected chi connectivity index (χ3v) is 8.45. The first-order valence-electron chi connectivity index (χ1n) is 12.4. The van der Waals surface area contributed by atoms with E-state index < -0.39 is 7.92 Å². The van der Waals surface area contributed by atoms with Crippen molar-refractivity contribution >= 4 is 69.0 Å². The van der Waals surface area contributed by atoms with E-state index in [4.69, 9.17) is 9.72 Å². The van der Waals surface area contributed by atoms with Crippen molar-refractivity contribution in [1.82, 2.24) is 19.9 Å². The average Bonchev–Trinajstić information content (AvgIpc) is 2.91. The van der Waals surface area contributed by atoms with Crippen LogP contribution >= 0.6 is 23.9 Å². The summed E-state index contributed by atoms with van der Waals surface area (Å²) in [7, 11) is 1.25. The average molecular weight is 580 g/mol. The van der Waals surface area contributed by atoms with E-state index in [-0.39, 0.29) is 0 Å². The molecule has 1 aliphatic heterocycles. The molecule has 10 heteroatoms. The van der Waals surface area contributed by atoms with Crippen LogP contribution in [0.1, 0.15) is 24.8 Å². The van der Waals surface area contributed by atoms with Crippen LogP contribution in [0, 0.1) is 6.92 Å². The largest absolute Gasteiger partial charge is 0.494 e. The number of nitrogens with one attached hydrogen (secondary N) is 2. The van der Waals surface area contributed by atoms with Crippen LogP contribution in [0.25, 0.3) is 11.0 Å². The molecular weight excluding hydrogens is 549 g/mol. The Kier molecular flexibility index (Phi) is 7.72. The van der Waals surface area contributed by atoms with Gasteiger partial charge in [-0.3, -0.25) is 9.97 Å². The second-order valence-corrected chi connectivity index (χ2v) is 12.4. The maximum atomic E-state index is 5.76. The van der Waals surface area contributed by atoms with Crippen molar-refractivity contribution in [3.05, 3.63) is 52.9 Å². The van der Waals surface area contributed by atoms with E-state index in [1.807, 2.05) is 12.1 Å². The highest BCUT2D eigenvalue weighted by Gasteiger charge is 2.18. The standard InChI is InChI=1S/C27H31BrN7OP/c1-17-14-21(23(36-2)15-22(17)35-12-6-5-7-13-35)33-27-31-16-18(28)26(34-27)32-20-9-8-19-24(25(20)37(3)4)30-11-10-29-19/h8-11,14-16H,5-7,12-13H2,1-4H3,(H2,31,32,33,34). The van der Waals surface area contributed by atoms with Crippen molar-refractivity contribution in [1.29, 1.82) is 0 Å². The molecular formula is C27H31BrN7OP. The zero-order valence-electron chi connectivity index (χ0n) is 21.5. The molecule has 1 fully saturated rings. The van der Waals surface area contributed by atoms with Gasteiger partial charge in [0.05, 0.1) is 28.3 Å². The molecule has 0 amide bonds. The molecule has 1 aliphatic rings. The molecule has 0 radical (unpaired) electrons. The van der Waals surface area contributed by atoms with Gasteiger partial charge >= 0.3 is 0 Å². The van der Waals surface area contributed by atoms with Crippen LogP contribution in [-0.4, -0.2) is 53.5 Å². The minimum absolute atomic E-state index is 0.449. The summed E-state index contributed by atoms with van der Waals surface area (Å²) in [6, 6.07) is 8.26. The normalized spacial score (nSPS) is 13.7. The predicted molar refractivity (Wildman–Crippen MR) is 158 cm³/mol. The third-order valence-electron chi connectivity index (χ3n) is 6.52. The molecule has 192 valence electrons. The fraction of sp³-hybridized carbons (Fsp3) is 0.333. The first-order chi connectivity index (χ1) is 17.9. The quantitative estimate of drug-likeness (QED) is 0.245. The van der Waals surface area contributed by atoms with E-state index in [9.17, 15) is 0 Å². The van der Waals surface area contributed by atoms with Gasteiger partial charge in [-0.15, -0.1) is 0 Å². The van der Waals surface area contributed by atoms with Crippen LogP contribution in [0.4, 0.5) is 28.8 Å². The van der Waals surface area contributed by atoms with Gasteiger partial charge in [-0.05, 0) is 79.2 Å². The Balaban J connectivity index is 1.45. The molecule has 5 rings (SSSR count). The summed E-state index contributed by atoms with van der Waals surface area (Å²) >= 11 is 3.61. The molecule has 1 saturated heterocycles. The van der Waals surface area contributed by atoms with Gasteiger partial charge in [0.1, 0.15) is 11.6 Å². The molecule has 0 bridgehead atoms. The number of piperidine rings is 1. The number of aromatic nitrogens is 4. The fourth-order valence-corrected chi connectivity index (χ4v) is 6.26. The maximum Gasteiger partial charge on any atom is 0.229 e. The highest BCUT2D eigenvalue weighted by molar-refractivity contribution is 9.10. The van der Waals surface area contributed by atoms with Gasteiger partial charge in [0.25, 0.3) is 0 Å². The molecule has 2 aromatic carbocycles. The Hall–Kier alpha value is -3.03. The molecule has 2 aromatic heterocycles. The monoisotopic (exact) mass is 579 g/mol. The Morgan fingerprint density at radius 3 is 2.51 bits per heavy atom. The van der Waals surface area contributed by atoms with Crippen molar-refractivity contribution < 1.29 is 4.74 Å². The maximum absolute atomic E-state index is 5.76. The second-order valence-electron chi connectivity index (χ2n) is 9.31. The summed E-state index contributed by atoms with van der Waals surface area (Å²) in [6.45, 7) is 8.74. The van der Waals surface area contributed by atoms with E-state index in [0.717, 1.165) is 51.0 Å². The number of fused-ring (bicyclic) bond motifs is 1. The van der Waals surface area contributed by atoms with Crippen LogP contribution in [0.3, 0.4) is 0 Å². The third kappa shape index (κ3) is 5.48. The van der Waals surface area contributed by atoms with E-state index in [2.05, 4.69) is 78.8 Å². The van der Waals surface area contributed by atoms with Gasteiger partial charge in [-0.1, -0.05) is 7.92 Å². The summed E-state index contributed by atoms with van der Waals surface area (Å²) in [5.74, 6) is 1.91. The zero-order valence-corrected chi connectivity index (χ0v) is 24.0. The minimum atomic E-state index is -0.449. The van der Waals surface area contributed by atoms with Crippen LogP contribution in [0.5, 0.6) is 5.75 Å². The number of halogens is 1. The van der Waals surface area contributed by atoms with Crippen molar-refractivity contribution in [2.75, 3.05) is 49.1 Å². The molecule has 0 spiro atoms. The highest BCUT2D eigenvalue weighted by Crippen LogP contribution is 2.37. The molecule has 0 aliphatic carbocycles. The first-order valence-corrected chi connectivity index (χ1v) is 15.4. The fourth-order valence-electron chi connectivity index (χ4n) is 4.76. The molecule has 37 heavy (non-hydrogen) atoms. The van der Waals surface area contributed by atoms with Gasteiger partial charge in [-0.25, -0.2) is 4.98 Å². The smallest absolute Gasteiger partial charge is 0.229 e. The summed E-state index contributed by atoms with van der Waals surface area (Å²) in [5.41, 5.74) is 6.03. The molecule has 3 heterocycles. The Morgan fingerprint density at radius 2 is 1.76 bits per heavy atom. The van der Waals surface area contributed by atoms with Crippen molar-refractivity contribution in [2.45, 2.75) is 26.2 Å². The van der Waals surface area contributed by atoms with Crippen molar-refractivity contribution in [3.8, 4) is 5.75 Å². The van der Waals surface area contributed by atoms with Gasteiger partial charge in [-0.2, -0.15) is 4.98 Å². The number of hydrogen-bond acceptors (Lipinski definition) is 8. The lowest BCUT2D eigenvalue weighted by Crippen LogP contribution is -2.30. The number of methoxy groups -OCH3 is 1. The molecule has 0 unspecified atom stereocenters. The Labute approximate surface area is 227 Å². The number of anilines is 5. The Morgan fingerprint density at radius 1 is 0.973 bits per heavy atom. The molecule has 4 aromatic rings. The lowest BCUT2D eigenvalue weighted by Gasteiger charge is -2.31. The second kappa shape index (κ2) is 11.2. The van der Waals surface area contributed by atoms with Crippen molar-refractivity contribution in [2.24, 2.45) is 0 Å². The summed E-state index contributed by atoms with van der Waals surface area (Å²) < 4.78 is 6.52. The Bertz CT molecular complexity index is 1430. The molecule has 0 saturated carbocycles. The molecule has 0 atom stereocenters. The topological polar surface area (TPSA) is 88.1 Å². The van der Waals surface area contributed by atoms with Gasteiger partial charge in [0.15, 0.2) is 0 Å². The summed E-state index contributed by atoms with van der Waals surface area (Å²) in [5, 5.41) is 8.03. The highest BCUT2D eigenvalue weighted by atomic mass is 79.9. The van der Waals surface area contributed by atoms with Gasteiger partial charge < -0.3 is 20.3 Å². The van der Waals surface area contributed by atoms with Gasteiger partial charge in [0.2, 0.25) is 5.95 Å². The van der Waals surface area contributed by atoms with Crippen LogP contribution < -0.4 is 25.6 Å². The number of ether oxygens (including phenoxy) is 1. The number of hydrogen-bond donors (Lipinski definition) is 2. The summed E-state index contributed by atoms with van der Waals surface area (Å²) in [6.07, 6.45) is 8.97.